The number of rotatable bonds is 5. The second kappa shape index (κ2) is 8.80. The van der Waals surface area contributed by atoms with Gasteiger partial charge in [0.25, 0.3) is 5.91 Å². The Labute approximate surface area is 163 Å². The lowest BCUT2D eigenvalue weighted by Gasteiger charge is -2.13. The van der Waals surface area contributed by atoms with Gasteiger partial charge in [0.15, 0.2) is 0 Å². The van der Waals surface area contributed by atoms with Gasteiger partial charge in [0.1, 0.15) is 11.6 Å². The molecule has 0 unspecified atom stereocenters. The molecule has 27 heavy (non-hydrogen) atoms. The van der Waals surface area contributed by atoms with Crippen LogP contribution in [0.1, 0.15) is 11.1 Å². The maximum absolute atomic E-state index is 13.1. The van der Waals surface area contributed by atoms with Gasteiger partial charge in [-0.2, -0.15) is 18.4 Å². The van der Waals surface area contributed by atoms with Crippen LogP contribution in [0.3, 0.4) is 0 Å². The molecule has 2 rings (SSSR count). The highest BCUT2D eigenvalue weighted by molar-refractivity contribution is 6.31. The Kier molecular flexibility index (Phi) is 6.72. The quantitative estimate of drug-likeness (QED) is 0.526. The molecule has 0 fully saturated rings. The molecule has 2 aromatic carbocycles. The predicted molar refractivity (Wildman–Crippen MR) is 97.1 cm³/mol. The Morgan fingerprint density at radius 3 is 2.33 bits per heavy atom. The van der Waals surface area contributed by atoms with Crippen molar-refractivity contribution in [1.29, 1.82) is 5.26 Å². The van der Waals surface area contributed by atoms with Crippen molar-refractivity contribution in [3.63, 3.8) is 0 Å². The third kappa shape index (κ3) is 5.91. The van der Waals surface area contributed by atoms with Crippen molar-refractivity contribution in [1.82, 2.24) is 5.32 Å². The van der Waals surface area contributed by atoms with Crippen LogP contribution in [0.5, 0.6) is 0 Å². The van der Waals surface area contributed by atoms with Crippen molar-refractivity contribution in [3.8, 4) is 6.07 Å². The Balaban J connectivity index is 2.11. The normalized spacial score (nSPS) is 11.6. The third-order valence-corrected chi connectivity index (χ3v) is 3.88. The molecular weight excluding hydrogens is 402 g/mol. The maximum atomic E-state index is 13.1. The molecule has 0 saturated carbocycles. The third-order valence-electron chi connectivity index (χ3n) is 3.39. The van der Waals surface area contributed by atoms with Crippen LogP contribution in [-0.4, -0.2) is 5.91 Å². The molecule has 2 aromatic rings. The Bertz CT molecular complexity index is 904. The summed E-state index contributed by atoms with van der Waals surface area (Å²) in [5, 5.41) is 14.4. The van der Waals surface area contributed by atoms with Gasteiger partial charge < -0.3 is 10.6 Å². The van der Waals surface area contributed by atoms with Crippen molar-refractivity contribution in [2.24, 2.45) is 0 Å². The first kappa shape index (κ1) is 20.6. The van der Waals surface area contributed by atoms with Crippen LogP contribution in [0.4, 0.5) is 18.9 Å². The van der Waals surface area contributed by atoms with E-state index in [-0.39, 0.29) is 22.8 Å². The van der Waals surface area contributed by atoms with E-state index >= 15 is 0 Å². The molecule has 0 aliphatic rings. The largest absolute Gasteiger partial charge is 0.418 e. The van der Waals surface area contributed by atoms with Gasteiger partial charge in [-0.05, 0) is 35.9 Å². The monoisotopic (exact) mass is 413 g/mol. The molecule has 9 heteroatoms. The summed E-state index contributed by atoms with van der Waals surface area (Å²) in [4.78, 5) is 12.1. The fourth-order valence-corrected chi connectivity index (χ4v) is 2.35. The number of amides is 1. The van der Waals surface area contributed by atoms with Crippen molar-refractivity contribution >= 4 is 34.8 Å². The lowest BCUT2D eigenvalue weighted by molar-refractivity contribution is -0.136. The summed E-state index contributed by atoms with van der Waals surface area (Å²) in [6, 6.07) is 11.5. The van der Waals surface area contributed by atoms with Crippen molar-refractivity contribution in [3.05, 3.63) is 75.4 Å². The number of halogens is 5. The van der Waals surface area contributed by atoms with Crippen LogP contribution < -0.4 is 10.6 Å². The van der Waals surface area contributed by atoms with Crippen LogP contribution in [0.25, 0.3) is 0 Å². The van der Waals surface area contributed by atoms with Gasteiger partial charge in [-0.25, -0.2) is 0 Å². The Morgan fingerprint density at radius 2 is 1.74 bits per heavy atom. The SMILES string of the molecule is N#C/C(=C/Nc1ccc(Cl)cc1C(F)(F)F)C(=O)NCc1ccc(Cl)cc1. The van der Waals surface area contributed by atoms with Crippen molar-refractivity contribution < 1.29 is 18.0 Å². The first-order valence-corrected chi connectivity index (χ1v) is 8.22. The van der Waals surface area contributed by atoms with Gasteiger partial charge in [-0.15, -0.1) is 0 Å². The first-order valence-electron chi connectivity index (χ1n) is 7.47. The van der Waals surface area contributed by atoms with Gasteiger partial charge in [0.05, 0.1) is 11.3 Å². The maximum Gasteiger partial charge on any atom is 0.418 e. The molecule has 0 spiro atoms. The van der Waals surface area contributed by atoms with E-state index in [0.717, 1.165) is 23.9 Å². The number of benzene rings is 2. The van der Waals surface area contributed by atoms with E-state index in [4.69, 9.17) is 28.5 Å². The number of anilines is 1. The highest BCUT2D eigenvalue weighted by atomic mass is 35.5. The number of carbonyl (C=O) groups excluding carboxylic acids is 1. The van der Waals surface area contributed by atoms with E-state index < -0.39 is 17.6 Å². The van der Waals surface area contributed by atoms with Gasteiger partial charge >= 0.3 is 6.18 Å². The van der Waals surface area contributed by atoms with Gasteiger partial charge in [-0.1, -0.05) is 35.3 Å². The zero-order chi connectivity index (χ0) is 20.0. The van der Waals surface area contributed by atoms with E-state index in [1.54, 1.807) is 30.3 Å². The van der Waals surface area contributed by atoms with Gasteiger partial charge in [0.2, 0.25) is 0 Å². The van der Waals surface area contributed by atoms with Crippen molar-refractivity contribution in [2.45, 2.75) is 12.7 Å². The molecule has 1 amide bonds. The molecule has 0 heterocycles. The predicted octanol–water partition coefficient (Wildman–Crippen LogP) is 5.15. The lowest BCUT2D eigenvalue weighted by Crippen LogP contribution is -2.24. The highest BCUT2D eigenvalue weighted by Crippen LogP contribution is 2.36. The molecule has 140 valence electrons. The molecule has 0 bridgehead atoms. The Hall–Kier alpha value is -2.69. The van der Waals surface area contributed by atoms with Crippen LogP contribution in [0.2, 0.25) is 10.0 Å². The molecule has 0 radical (unpaired) electrons. The summed E-state index contributed by atoms with van der Waals surface area (Å²) in [5.41, 5.74) is -0.975. The molecule has 4 nitrogen and oxygen atoms in total. The highest BCUT2D eigenvalue weighted by Gasteiger charge is 2.33. The zero-order valence-corrected chi connectivity index (χ0v) is 15.1. The minimum atomic E-state index is -4.65. The number of alkyl halides is 3. The second-order valence-electron chi connectivity index (χ2n) is 5.31. The molecule has 0 aliphatic carbocycles. The van der Waals surface area contributed by atoms with E-state index in [1.807, 2.05) is 0 Å². The smallest absolute Gasteiger partial charge is 0.360 e. The van der Waals surface area contributed by atoms with E-state index in [1.165, 1.54) is 6.07 Å². The number of hydrogen-bond donors (Lipinski definition) is 2. The number of hydrogen-bond acceptors (Lipinski definition) is 3. The molecular formula is C18H12Cl2F3N3O. The summed E-state index contributed by atoms with van der Waals surface area (Å²) in [7, 11) is 0. The Morgan fingerprint density at radius 1 is 1.11 bits per heavy atom. The zero-order valence-electron chi connectivity index (χ0n) is 13.6. The number of nitriles is 1. The van der Waals surface area contributed by atoms with Crippen LogP contribution in [-0.2, 0) is 17.5 Å². The van der Waals surface area contributed by atoms with Crippen LogP contribution >= 0.6 is 23.2 Å². The summed E-state index contributed by atoms with van der Waals surface area (Å²) in [5.74, 6) is -0.734. The van der Waals surface area contributed by atoms with E-state index in [0.29, 0.717) is 5.02 Å². The summed E-state index contributed by atoms with van der Waals surface area (Å²) in [6.07, 6.45) is -3.74. The molecule has 2 N–H and O–H groups in total. The summed E-state index contributed by atoms with van der Waals surface area (Å²) < 4.78 is 39.2. The molecule has 0 saturated heterocycles. The molecule has 0 aliphatic heterocycles. The molecule has 0 aromatic heterocycles. The number of nitrogens with one attached hydrogen (secondary N) is 2. The number of nitrogens with zero attached hydrogens (tertiary/aromatic N) is 1. The van der Waals surface area contributed by atoms with E-state index in [9.17, 15) is 18.0 Å². The van der Waals surface area contributed by atoms with E-state index in [2.05, 4.69) is 10.6 Å². The topological polar surface area (TPSA) is 64.9 Å². The fraction of sp³-hybridized carbons (Fsp3) is 0.111. The van der Waals surface area contributed by atoms with Gasteiger partial charge in [-0.3, -0.25) is 4.79 Å². The standard InChI is InChI=1S/C18H12Cl2F3N3O/c19-13-3-1-11(2-4-13)9-26-17(27)12(8-24)10-25-16-6-5-14(20)7-15(16)18(21,22)23/h1-7,10,25H,9H2,(H,26,27)/b12-10-. The van der Waals surface area contributed by atoms with Crippen LogP contribution in [0, 0.1) is 11.3 Å². The average molecular weight is 414 g/mol. The van der Waals surface area contributed by atoms with Crippen molar-refractivity contribution in [2.75, 3.05) is 5.32 Å². The fourth-order valence-electron chi connectivity index (χ4n) is 2.06. The van der Waals surface area contributed by atoms with Gasteiger partial charge in [0, 0.05) is 22.8 Å². The minimum Gasteiger partial charge on any atom is -0.360 e. The van der Waals surface area contributed by atoms with Crippen LogP contribution in [0.15, 0.2) is 54.2 Å². The minimum absolute atomic E-state index is 0.0851. The summed E-state index contributed by atoms with van der Waals surface area (Å²) in [6.45, 7) is 0.129. The lowest BCUT2D eigenvalue weighted by atomic mass is 10.1. The first-order chi connectivity index (χ1) is 12.7. The second-order valence-corrected chi connectivity index (χ2v) is 6.18. The summed E-state index contributed by atoms with van der Waals surface area (Å²) >= 11 is 11.4. The number of carbonyl (C=O) groups is 1. The average Bonchev–Trinajstić information content (AvgIpc) is 2.62. The molecule has 0 atom stereocenters.